The molecule has 0 saturated carbocycles. The molecular formula is C22H19N3O2S. The Hall–Kier alpha value is -3.17. The van der Waals surface area contributed by atoms with E-state index in [2.05, 4.69) is 22.1 Å². The summed E-state index contributed by atoms with van der Waals surface area (Å²) in [6.45, 7) is 1.03. The minimum absolute atomic E-state index is 0.183. The van der Waals surface area contributed by atoms with Gasteiger partial charge in [0.05, 0.1) is 16.8 Å². The van der Waals surface area contributed by atoms with Gasteiger partial charge in [0.1, 0.15) is 0 Å². The van der Waals surface area contributed by atoms with Gasteiger partial charge in [0, 0.05) is 24.2 Å². The van der Waals surface area contributed by atoms with Crippen LogP contribution in [0.15, 0.2) is 48.5 Å². The Morgan fingerprint density at radius 3 is 2.75 bits per heavy atom. The van der Waals surface area contributed by atoms with Crippen molar-refractivity contribution in [1.82, 2.24) is 10.3 Å². The van der Waals surface area contributed by atoms with Gasteiger partial charge in [0.2, 0.25) is 5.91 Å². The van der Waals surface area contributed by atoms with Gasteiger partial charge in [-0.15, -0.1) is 11.3 Å². The Morgan fingerprint density at radius 1 is 1.14 bits per heavy atom. The molecule has 2 amide bonds. The van der Waals surface area contributed by atoms with E-state index in [0.717, 1.165) is 40.9 Å². The van der Waals surface area contributed by atoms with Crippen molar-refractivity contribution in [2.75, 3.05) is 18.0 Å². The summed E-state index contributed by atoms with van der Waals surface area (Å²) in [4.78, 5) is 30.4. The monoisotopic (exact) mass is 389 g/mol. The number of piperidine rings is 1. The van der Waals surface area contributed by atoms with Gasteiger partial charge in [-0.05, 0) is 49.2 Å². The first kappa shape index (κ1) is 18.2. The van der Waals surface area contributed by atoms with Gasteiger partial charge in [-0.2, -0.15) is 0 Å². The number of carbonyl (C=O) groups excluding carboxylic acids is 2. The lowest BCUT2D eigenvalue weighted by atomic mass is 10.1. The average Bonchev–Trinajstić information content (AvgIpc) is 3.16. The smallest absolute Gasteiger partial charge is 0.281 e. The molecule has 2 aromatic carbocycles. The van der Waals surface area contributed by atoms with Gasteiger partial charge in [0.25, 0.3) is 5.91 Å². The van der Waals surface area contributed by atoms with Crippen LogP contribution in [0.2, 0.25) is 0 Å². The van der Waals surface area contributed by atoms with Crippen LogP contribution in [-0.4, -0.2) is 29.9 Å². The molecule has 1 saturated heterocycles. The molecule has 0 radical (unpaired) electrons. The van der Waals surface area contributed by atoms with Crippen LogP contribution in [0.25, 0.3) is 10.2 Å². The maximum Gasteiger partial charge on any atom is 0.281 e. The average molecular weight is 389 g/mol. The Bertz CT molecular complexity index is 1040. The molecule has 0 aliphatic carbocycles. The standard InChI is InChI=1S/C22H19N3O2S/c26-20-9-3-4-15-25(20)17-12-10-16(11-13-17)6-5-14-23-21(27)22-24-18-7-1-2-8-19(18)28-22/h1-2,7-8,10-13H,3-4,9,14-15H2,(H,23,27). The topological polar surface area (TPSA) is 62.3 Å². The SMILES string of the molecule is O=C(NCC#Cc1ccc(N2CCCCC2=O)cc1)c1nc2ccccc2s1. The van der Waals surface area contributed by atoms with E-state index in [1.54, 1.807) is 0 Å². The largest absolute Gasteiger partial charge is 0.339 e. The van der Waals surface area contributed by atoms with Gasteiger partial charge >= 0.3 is 0 Å². The number of carbonyl (C=O) groups is 2. The summed E-state index contributed by atoms with van der Waals surface area (Å²) in [7, 11) is 0. The highest BCUT2D eigenvalue weighted by Gasteiger charge is 2.19. The number of anilines is 1. The summed E-state index contributed by atoms with van der Waals surface area (Å²) in [6.07, 6.45) is 2.64. The molecule has 140 valence electrons. The van der Waals surface area contributed by atoms with E-state index in [0.29, 0.717) is 11.4 Å². The van der Waals surface area contributed by atoms with E-state index in [9.17, 15) is 9.59 Å². The maximum absolute atomic E-state index is 12.2. The fourth-order valence-electron chi connectivity index (χ4n) is 3.12. The number of nitrogens with zero attached hydrogens (tertiary/aromatic N) is 2. The van der Waals surface area contributed by atoms with Gasteiger partial charge < -0.3 is 10.2 Å². The summed E-state index contributed by atoms with van der Waals surface area (Å²) >= 11 is 1.37. The number of aromatic nitrogens is 1. The summed E-state index contributed by atoms with van der Waals surface area (Å²) < 4.78 is 0.992. The number of hydrogen-bond donors (Lipinski definition) is 1. The molecule has 28 heavy (non-hydrogen) atoms. The van der Waals surface area contributed by atoms with E-state index in [1.807, 2.05) is 53.4 Å². The number of fused-ring (bicyclic) bond motifs is 1. The van der Waals surface area contributed by atoms with Crippen molar-refractivity contribution in [3.8, 4) is 11.8 Å². The summed E-state index contributed by atoms with van der Waals surface area (Å²) in [5.41, 5.74) is 2.60. The van der Waals surface area contributed by atoms with Gasteiger partial charge in [0.15, 0.2) is 5.01 Å². The van der Waals surface area contributed by atoms with Crippen molar-refractivity contribution in [2.24, 2.45) is 0 Å². The second kappa shape index (κ2) is 8.24. The first-order valence-corrected chi connectivity index (χ1v) is 10.1. The molecule has 3 aromatic rings. The number of nitrogens with one attached hydrogen (secondary N) is 1. The lowest BCUT2D eigenvalue weighted by molar-refractivity contribution is -0.119. The number of hydrogen-bond acceptors (Lipinski definition) is 4. The van der Waals surface area contributed by atoms with Crippen molar-refractivity contribution in [3.63, 3.8) is 0 Å². The lowest BCUT2D eigenvalue weighted by Crippen LogP contribution is -2.35. The minimum atomic E-state index is -0.213. The molecule has 0 atom stereocenters. The summed E-state index contributed by atoms with van der Waals surface area (Å²) in [6, 6.07) is 15.3. The van der Waals surface area contributed by atoms with Gasteiger partial charge in [-0.3, -0.25) is 9.59 Å². The van der Waals surface area contributed by atoms with E-state index in [1.165, 1.54) is 11.3 Å². The molecular weight excluding hydrogens is 370 g/mol. The third kappa shape index (κ3) is 4.05. The molecule has 4 rings (SSSR count). The van der Waals surface area contributed by atoms with Crippen molar-refractivity contribution in [2.45, 2.75) is 19.3 Å². The zero-order valence-electron chi connectivity index (χ0n) is 15.3. The Balaban J connectivity index is 1.34. The van der Waals surface area contributed by atoms with Crippen LogP contribution in [-0.2, 0) is 4.79 Å². The van der Waals surface area contributed by atoms with E-state index in [4.69, 9.17) is 0 Å². The van der Waals surface area contributed by atoms with E-state index in [-0.39, 0.29) is 18.4 Å². The second-order valence-electron chi connectivity index (χ2n) is 6.52. The number of para-hydroxylation sites is 1. The number of benzene rings is 2. The molecule has 1 N–H and O–H groups in total. The van der Waals surface area contributed by atoms with Crippen LogP contribution >= 0.6 is 11.3 Å². The molecule has 6 heteroatoms. The predicted molar refractivity (Wildman–Crippen MR) is 111 cm³/mol. The van der Waals surface area contributed by atoms with Crippen LogP contribution in [0.4, 0.5) is 5.69 Å². The summed E-state index contributed by atoms with van der Waals surface area (Å²) in [5.74, 6) is 5.96. The van der Waals surface area contributed by atoms with Crippen molar-refractivity contribution in [3.05, 3.63) is 59.1 Å². The minimum Gasteiger partial charge on any atom is -0.339 e. The molecule has 1 aliphatic heterocycles. The highest BCUT2D eigenvalue weighted by atomic mass is 32.1. The predicted octanol–water partition coefficient (Wildman–Crippen LogP) is 3.59. The Labute approximate surface area is 167 Å². The maximum atomic E-state index is 12.2. The van der Waals surface area contributed by atoms with Crippen LogP contribution < -0.4 is 10.2 Å². The fraction of sp³-hybridized carbons (Fsp3) is 0.227. The highest BCUT2D eigenvalue weighted by molar-refractivity contribution is 7.20. The van der Waals surface area contributed by atoms with Crippen LogP contribution in [0.1, 0.15) is 34.6 Å². The van der Waals surface area contributed by atoms with Gasteiger partial charge in [-0.1, -0.05) is 24.0 Å². The van der Waals surface area contributed by atoms with Crippen molar-refractivity contribution in [1.29, 1.82) is 0 Å². The van der Waals surface area contributed by atoms with Crippen LogP contribution in [0.5, 0.6) is 0 Å². The second-order valence-corrected chi connectivity index (χ2v) is 7.55. The Kier molecular flexibility index (Phi) is 5.36. The third-order valence-corrected chi connectivity index (χ3v) is 5.60. The fourth-order valence-corrected chi connectivity index (χ4v) is 4.00. The van der Waals surface area contributed by atoms with Crippen molar-refractivity contribution < 1.29 is 9.59 Å². The quantitative estimate of drug-likeness (QED) is 0.697. The van der Waals surface area contributed by atoms with Crippen molar-refractivity contribution >= 4 is 39.1 Å². The highest BCUT2D eigenvalue weighted by Crippen LogP contribution is 2.22. The molecule has 5 nitrogen and oxygen atoms in total. The number of amides is 2. The normalized spacial score (nSPS) is 13.9. The van der Waals surface area contributed by atoms with Crippen LogP contribution in [0, 0.1) is 11.8 Å². The van der Waals surface area contributed by atoms with Gasteiger partial charge in [-0.25, -0.2) is 4.98 Å². The molecule has 2 heterocycles. The van der Waals surface area contributed by atoms with E-state index < -0.39 is 0 Å². The molecule has 1 aliphatic rings. The van der Waals surface area contributed by atoms with E-state index >= 15 is 0 Å². The molecule has 0 bridgehead atoms. The lowest BCUT2D eigenvalue weighted by Gasteiger charge is -2.26. The molecule has 1 aromatic heterocycles. The number of thiazole rings is 1. The molecule has 1 fully saturated rings. The zero-order valence-corrected chi connectivity index (χ0v) is 16.1. The molecule has 0 spiro atoms. The zero-order chi connectivity index (χ0) is 19.3. The van der Waals surface area contributed by atoms with Crippen LogP contribution in [0.3, 0.4) is 0 Å². The first-order valence-electron chi connectivity index (χ1n) is 9.24. The molecule has 0 unspecified atom stereocenters. The number of rotatable bonds is 3. The summed E-state index contributed by atoms with van der Waals surface area (Å²) in [5, 5.41) is 3.22. The first-order chi connectivity index (χ1) is 13.7. The Morgan fingerprint density at radius 2 is 1.96 bits per heavy atom. The third-order valence-electron chi connectivity index (χ3n) is 4.56.